The number of hydrogen-bond donors (Lipinski definition) is 2. The fourth-order valence-electron chi connectivity index (χ4n) is 12.1. The van der Waals surface area contributed by atoms with Crippen molar-refractivity contribution in [1.82, 2.24) is 68.1 Å². The van der Waals surface area contributed by atoms with Crippen LogP contribution >= 0.6 is 11.3 Å². The summed E-state index contributed by atoms with van der Waals surface area (Å²) in [5.41, 5.74) is 20.5. The van der Waals surface area contributed by atoms with E-state index in [4.69, 9.17) is 4.42 Å². The fourth-order valence-corrected chi connectivity index (χ4v) is 12.9. The van der Waals surface area contributed by atoms with Gasteiger partial charge in [-0.1, -0.05) is 278 Å². The maximum Gasteiger partial charge on any atom is 0.271 e. The Hall–Kier alpha value is -12.4. The molecule has 716 valence electrons. The lowest BCUT2D eigenvalue weighted by atomic mass is 9.91. The number of thiophene rings is 1. The Balaban J connectivity index is 0. The molecule has 20 heteroatoms. The molecule has 20 rings (SSSR count). The van der Waals surface area contributed by atoms with Gasteiger partial charge in [0.2, 0.25) is 5.91 Å². The Kier molecular flexibility index (Phi) is 69.4. The zero-order chi connectivity index (χ0) is 99.7. The van der Waals surface area contributed by atoms with Crippen LogP contribution in [0.3, 0.4) is 0 Å². The molecule has 19 nitrogen and oxygen atoms in total. The van der Waals surface area contributed by atoms with E-state index in [0.29, 0.717) is 17.5 Å². The highest BCUT2D eigenvalue weighted by Gasteiger charge is 2.14. The number of pyridine rings is 4. The van der Waals surface area contributed by atoms with E-state index in [1.807, 2.05) is 337 Å². The monoisotopic (exact) mass is 1810 g/mol. The molecule has 132 heavy (non-hydrogen) atoms. The van der Waals surface area contributed by atoms with Crippen molar-refractivity contribution in [3.8, 4) is 0 Å². The Bertz CT molecular complexity index is 5550. The molecule has 1 amide bonds. The second-order valence-corrected chi connectivity index (χ2v) is 28.2. The molecular formula is C112H163N15O4S. The number of carbonyl (C=O) groups excluding carboxylic acids is 1. The van der Waals surface area contributed by atoms with Crippen molar-refractivity contribution in [2.24, 2.45) is 21.1 Å². The van der Waals surface area contributed by atoms with E-state index >= 15 is 0 Å². The van der Waals surface area contributed by atoms with Gasteiger partial charge in [0.1, 0.15) is 15.7 Å². The molecule has 0 saturated carbocycles. The Morgan fingerprint density at radius 3 is 1.55 bits per heavy atom. The number of aromatic nitrogens is 13. The molecule has 1 saturated heterocycles. The minimum Gasteiger partial charge on any atom is -0.472 e. The molecule has 6 aromatic carbocycles. The molecule has 3 aliphatic rings. The number of rotatable bonds is 0. The Labute approximate surface area is 797 Å². The molecule has 1 fully saturated rings. The standard InChI is InChI=1S/C11H14.C10H11NO.3C10H9N.2C8H8N2.C7H6N2OS.C6H6N4O.C5H11N.C5H6O.11C2H6/c1-9-6-7-10-4-2-3-5-11(10)8-9;1-7-2-4-9-8(6-7)3-5-10(12)11-9;1-8-4-5-10-9(7-8)3-2-6-11-10;1-8-6-9-4-2-3-5-10(9)7-11-8;1-8-6-7-9-4-2-3-5-10(9)11-8;1-10-6-9-7-4-2-3-5-8(7)10;1-7-6-9-8-4-2-3-5-10(7)8;1-9-4-8-5-2-3-11-6(5)7(9)10;1-10-3-7-5-4(6(10)11)2-8-9-5;1-6-4-2-3-5-6;1-5-2-3-6-4-5;11*1-2/h6-8H,2-5H2,1H3;2,4,6H,3,5H2,1H3,(H,11,12);3*2-7H,1H3;2*2-6H,1H3;2-4H,1H3;2-3H,1H3,(H,8,9);2-5H2,1H3;2-4H,1H3;11*1-2H3. The highest BCUT2D eigenvalue weighted by atomic mass is 32.1. The van der Waals surface area contributed by atoms with Gasteiger partial charge in [0.25, 0.3) is 11.1 Å². The summed E-state index contributed by atoms with van der Waals surface area (Å²) >= 11 is 1.43. The topological polar surface area (TPSA) is 218 Å². The third-order valence-corrected chi connectivity index (χ3v) is 19.1. The molecule has 2 N–H and O–H groups in total. The summed E-state index contributed by atoms with van der Waals surface area (Å²) in [5, 5.41) is 16.5. The number of H-pyrrole nitrogens is 1. The Morgan fingerprint density at radius 2 is 0.939 bits per heavy atom. The smallest absolute Gasteiger partial charge is 0.271 e. The lowest BCUT2D eigenvalue weighted by Crippen LogP contribution is -2.18. The van der Waals surface area contributed by atoms with Gasteiger partial charge in [-0.05, 0) is 225 Å². The number of aromatic amines is 1. The van der Waals surface area contributed by atoms with Gasteiger partial charge in [-0.25, -0.2) is 19.9 Å². The maximum absolute atomic E-state index is 11.3. The summed E-state index contributed by atoms with van der Waals surface area (Å²) in [7, 11) is 7.53. The molecule has 0 spiro atoms. The van der Waals surface area contributed by atoms with E-state index in [1.54, 1.807) is 37.7 Å². The highest BCUT2D eigenvalue weighted by Crippen LogP contribution is 2.24. The quantitative estimate of drug-likeness (QED) is 0.145. The van der Waals surface area contributed by atoms with Gasteiger partial charge in [-0.15, -0.1) is 11.3 Å². The first-order valence-corrected chi connectivity index (χ1v) is 48.8. The van der Waals surface area contributed by atoms with Crippen LogP contribution in [0, 0.1) is 48.5 Å². The second-order valence-electron chi connectivity index (χ2n) is 27.3. The maximum atomic E-state index is 11.3. The number of imidazole rings is 2. The van der Waals surface area contributed by atoms with E-state index in [-0.39, 0.29) is 17.0 Å². The molecule has 17 aromatic rings. The number of furan rings is 1. The number of anilines is 1. The first-order chi connectivity index (χ1) is 64.3. The second kappa shape index (κ2) is 75.3. The highest BCUT2D eigenvalue weighted by molar-refractivity contribution is 7.17. The molecule has 2 aliphatic heterocycles. The van der Waals surface area contributed by atoms with Crippen molar-refractivity contribution in [2.75, 3.05) is 25.5 Å². The molecular weight excluding hydrogens is 1650 g/mol. The number of amides is 1. The average Bonchev–Trinajstić information content (AvgIpc) is 1.79. The first-order valence-electron chi connectivity index (χ1n) is 47.9. The van der Waals surface area contributed by atoms with E-state index in [0.717, 1.165) is 55.9 Å². The summed E-state index contributed by atoms with van der Waals surface area (Å²) in [4.78, 5) is 65.1. The number of nitrogens with one attached hydrogen (secondary N) is 2. The van der Waals surface area contributed by atoms with Crippen LogP contribution in [0.1, 0.15) is 240 Å². The number of aryl methyl sites for hydroxylation is 13. The summed E-state index contributed by atoms with van der Waals surface area (Å²) in [5.74, 6) is 0.131. The van der Waals surface area contributed by atoms with E-state index in [9.17, 15) is 14.4 Å². The summed E-state index contributed by atoms with van der Waals surface area (Å²) in [6.07, 6.45) is 27.0. The third kappa shape index (κ3) is 44.5. The van der Waals surface area contributed by atoms with Crippen molar-refractivity contribution in [3.05, 3.63) is 333 Å². The Morgan fingerprint density at radius 1 is 0.386 bits per heavy atom. The number of fused-ring (bicyclic) bond motifs is 9. The van der Waals surface area contributed by atoms with Crippen molar-refractivity contribution in [2.45, 2.75) is 252 Å². The lowest BCUT2D eigenvalue weighted by Gasteiger charge is -2.16. The molecule has 0 unspecified atom stereocenters. The largest absolute Gasteiger partial charge is 0.472 e. The zero-order valence-electron chi connectivity index (χ0n) is 86.7. The van der Waals surface area contributed by atoms with E-state index in [1.165, 1.54) is 152 Å². The predicted molar refractivity (Wildman–Crippen MR) is 575 cm³/mol. The van der Waals surface area contributed by atoms with Gasteiger partial charge < -0.3 is 32.7 Å². The number of nitrogens with zero attached hydrogens (tertiary/aromatic N) is 13. The van der Waals surface area contributed by atoms with Crippen LogP contribution in [0.25, 0.3) is 70.5 Å². The van der Waals surface area contributed by atoms with Crippen molar-refractivity contribution >= 4 is 93.4 Å². The van der Waals surface area contributed by atoms with E-state index < -0.39 is 0 Å². The molecule has 0 atom stereocenters. The van der Waals surface area contributed by atoms with Gasteiger partial charge in [-0.3, -0.25) is 34.4 Å². The van der Waals surface area contributed by atoms with Gasteiger partial charge in [-0.2, -0.15) is 5.10 Å². The SMILES string of the molecule is CC.CC.CC.CC.CC.CC.CC.CC.CC.CC.CC.CN1CCCC1.Cc1cc2ccccc2cn1.Cc1ccc2c(c1)CCC(=O)N2.Cc1ccc2c(c1)CCCC2.Cc1ccc2ccccc2n1.Cc1ccc2ncccc2c1.Cc1ccoc1.Cc1cnc2ccccn12.Cn1cnc2[nH]ncc2c1=O.Cn1cnc2ccccc21.Cn1cnc2ccsc2c1=O. The van der Waals surface area contributed by atoms with Gasteiger partial charge >= 0.3 is 0 Å². The number of likely N-dealkylation sites (tertiary alicyclic amines) is 1. The molecule has 0 radical (unpaired) electrons. The first kappa shape index (κ1) is 122. The van der Waals surface area contributed by atoms with E-state index in [2.05, 4.69) is 166 Å². The summed E-state index contributed by atoms with van der Waals surface area (Å²) < 4.78 is 12.4. The number of carbonyl (C=O) groups is 1. The number of para-hydroxylation sites is 3. The zero-order valence-corrected chi connectivity index (χ0v) is 87.5. The van der Waals surface area contributed by atoms with Crippen LogP contribution < -0.4 is 16.4 Å². The molecule has 11 aromatic heterocycles. The van der Waals surface area contributed by atoms with Crippen LogP contribution in [0.4, 0.5) is 5.69 Å². The fraction of sp³-hybridized carbons (Fsp3) is 0.384. The average molecular weight is 1820 g/mol. The third-order valence-electron chi connectivity index (χ3n) is 18.2. The van der Waals surface area contributed by atoms with Crippen LogP contribution in [0.5, 0.6) is 0 Å². The van der Waals surface area contributed by atoms with Crippen molar-refractivity contribution in [3.63, 3.8) is 0 Å². The minimum atomic E-state index is -0.0799. The summed E-state index contributed by atoms with van der Waals surface area (Å²) in [6, 6.07) is 63.7. The molecule has 0 bridgehead atoms. The van der Waals surface area contributed by atoms with Crippen molar-refractivity contribution < 1.29 is 9.21 Å². The van der Waals surface area contributed by atoms with Gasteiger partial charge in [0.05, 0.1) is 65.3 Å². The van der Waals surface area contributed by atoms with Crippen LogP contribution in [0.15, 0.2) is 270 Å². The van der Waals surface area contributed by atoms with Crippen LogP contribution in [0.2, 0.25) is 0 Å². The lowest BCUT2D eigenvalue weighted by molar-refractivity contribution is -0.116. The van der Waals surface area contributed by atoms with Crippen molar-refractivity contribution in [1.29, 1.82) is 0 Å². The van der Waals surface area contributed by atoms with Crippen LogP contribution in [-0.4, -0.2) is 94.1 Å². The minimum absolute atomic E-state index is 0.0324. The molecule has 1 aliphatic carbocycles. The van der Waals surface area contributed by atoms with Gasteiger partial charge in [0, 0.05) is 91.3 Å². The summed E-state index contributed by atoms with van der Waals surface area (Å²) in [6.45, 7) is 61.0. The molecule has 13 heterocycles. The van der Waals surface area contributed by atoms with Crippen LogP contribution in [-0.2, 0) is 45.2 Å². The predicted octanol–water partition coefficient (Wildman–Crippen LogP) is 29.8. The number of hydrogen-bond acceptors (Lipinski definition) is 14. The van der Waals surface area contributed by atoms with Gasteiger partial charge in [0.15, 0.2) is 5.65 Å². The normalized spacial score (nSPS) is 10.7. The number of benzene rings is 6.